The van der Waals surface area contributed by atoms with E-state index in [1.807, 2.05) is 12.1 Å². The van der Waals surface area contributed by atoms with Gasteiger partial charge in [0, 0.05) is 27.7 Å². The Morgan fingerprint density at radius 3 is 1.56 bits per heavy atom. The fourth-order valence-corrected chi connectivity index (χ4v) is 9.47. The summed E-state index contributed by atoms with van der Waals surface area (Å²) in [4.78, 5) is 6.16. The third-order valence-electron chi connectivity index (χ3n) is 11.6. The number of nitrogens with zero attached hydrogens (tertiary/aromatic N) is 4. The van der Waals surface area contributed by atoms with Crippen LogP contribution in [-0.2, 0) is 5.41 Å². The van der Waals surface area contributed by atoms with Crippen LogP contribution in [0.25, 0.3) is 54.6 Å². The molecular formula is C51H30N4. The minimum Gasteiger partial charge on any atom is -0.310 e. The lowest BCUT2D eigenvalue weighted by molar-refractivity contribution is 0.752. The third-order valence-corrected chi connectivity index (χ3v) is 11.6. The minimum atomic E-state index is -0.518. The number of anilines is 3. The van der Waals surface area contributed by atoms with Gasteiger partial charge in [0.15, 0.2) is 5.69 Å². The highest BCUT2D eigenvalue weighted by molar-refractivity contribution is 6.09. The van der Waals surface area contributed by atoms with Crippen LogP contribution in [-0.4, -0.2) is 4.57 Å². The number of nitriles is 1. The predicted octanol–water partition coefficient (Wildman–Crippen LogP) is 13.0. The van der Waals surface area contributed by atoms with E-state index in [9.17, 15) is 5.26 Å². The maximum atomic E-state index is 10.0. The van der Waals surface area contributed by atoms with Crippen LogP contribution < -0.4 is 4.90 Å². The first-order valence-electron chi connectivity index (χ1n) is 18.4. The van der Waals surface area contributed by atoms with Crippen molar-refractivity contribution in [3.05, 3.63) is 221 Å². The Morgan fingerprint density at radius 1 is 0.491 bits per heavy atom. The molecular weight excluding hydrogens is 669 g/mol. The molecule has 2 aliphatic rings. The molecule has 0 saturated carbocycles. The highest BCUT2D eigenvalue weighted by Crippen LogP contribution is 2.63. The molecule has 254 valence electrons. The van der Waals surface area contributed by atoms with Gasteiger partial charge < -0.3 is 9.47 Å². The van der Waals surface area contributed by atoms with Gasteiger partial charge in [-0.3, -0.25) is 0 Å². The summed E-state index contributed by atoms with van der Waals surface area (Å²) < 4.78 is 2.34. The maximum Gasteiger partial charge on any atom is 0.189 e. The average molecular weight is 699 g/mol. The van der Waals surface area contributed by atoms with E-state index in [-0.39, 0.29) is 0 Å². The van der Waals surface area contributed by atoms with E-state index in [0.717, 1.165) is 44.9 Å². The Labute approximate surface area is 318 Å². The van der Waals surface area contributed by atoms with E-state index in [4.69, 9.17) is 6.57 Å². The zero-order valence-electron chi connectivity index (χ0n) is 29.6. The minimum absolute atomic E-state index is 0.437. The van der Waals surface area contributed by atoms with Gasteiger partial charge in [0.05, 0.1) is 40.5 Å². The van der Waals surface area contributed by atoms with Gasteiger partial charge in [-0.05, 0) is 105 Å². The number of para-hydroxylation sites is 4. The van der Waals surface area contributed by atoms with Gasteiger partial charge in [0.25, 0.3) is 0 Å². The topological polar surface area (TPSA) is 36.3 Å². The molecule has 11 rings (SSSR count). The summed E-state index contributed by atoms with van der Waals surface area (Å²) in [6, 6.07) is 66.9. The van der Waals surface area contributed by atoms with Crippen molar-refractivity contribution in [1.82, 2.24) is 4.57 Å². The Kier molecular flexibility index (Phi) is 6.56. The monoisotopic (exact) mass is 698 g/mol. The molecule has 8 aromatic carbocycles. The molecule has 0 saturated heterocycles. The summed E-state index contributed by atoms with van der Waals surface area (Å²) in [6.07, 6.45) is 0. The van der Waals surface area contributed by atoms with Crippen molar-refractivity contribution in [2.45, 2.75) is 5.41 Å². The molecule has 1 aliphatic heterocycles. The molecule has 4 nitrogen and oxygen atoms in total. The van der Waals surface area contributed by atoms with Gasteiger partial charge in [0.1, 0.15) is 0 Å². The standard InChI is InChI=1S/C51H30N4/c1-53-36-27-33(32-52)26-34(28-36)35-29-37(54-47-22-10-4-16-41(47)42-17-5-11-23-48(42)54)31-38(30-35)55-49-24-12-8-20-45(49)51(46-21-9-13-25-50(46)55)43-18-6-2-14-39(43)40-15-3-7-19-44(40)51/h2-31H. The largest absolute Gasteiger partial charge is 0.310 e. The molecule has 0 unspecified atom stereocenters. The second-order valence-electron chi connectivity index (χ2n) is 14.3. The lowest BCUT2D eigenvalue weighted by atomic mass is 9.64. The van der Waals surface area contributed by atoms with Crippen LogP contribution in [0.1, 0.15) is 27.8 Å². The summed E-state index contributed by atoms with van der Waals surface area (Å²) in [5.41, 5.74) is 16.1. The van der Waals surface area contributed by atoms with Gasteiger partial charge in [-0.1, -0.05) is 121 Å². The molecule has 1 spiro atoms. The van der Waals surface area contributed by atoms with E-state index in [0.29, 0.717) is 11.3 Å². The molecule has 1 aromatic heterocycles. The Morgan fingerprint density at radius 2 is 0.982 bits per heavy atom. The first-order chi connectivity index (χ1) is 27.2. The molecule has 55 heavy (non-hydrogen) atoms. The van der Waals surface area contributed by atoms with Crippen LogP contribution in [0.3, 0.4) is 0 Å². The van der Waals surface area contributed by atoms with Crippen LogP contribution in [0.15, 0.2) is 182 Å². The summed E-state index contributed by atoms with van der Waals surface area (Å²) >= 11 is 0. The average Bonchev–Trinajstić information content (AvgIpc) is 3.75. The fourth-order valence-electron chi connectivity index (χ4n) is 9.47. The number of rotatable bonds is 3. The Hall–Kier alpha value is -7.66. The van der Waals surface area contributed by atoms with Crippen LogP contribution in [0.4, 0.5) is 22.7 Å². The highest BCUT2D eigenvalue weighted by Gasteiger charge is 2.51. The molecule has 1 aliphatic carbocycles. The van der Waals surface area contributed by atoms with Crippen LogP contribution >= 0.6 is 0 Å². The molecule has 0 amide bonds. The van der Waals surface area contributed by atoms with Crippen LogP contribution in [0.2, 0.25) is 0 Å². The van der Waals surface area contributed by atoms with Crippen LogP contribution in [0, 0.1) is 17.9 Å². The van der Waals surface area contributed by atoms with E-state index in [2.05, 4.69) is 184 Å². The summed E-state index contributed by atoms with van der Waals surface area (Å²) in [5, 5.41) is 12.4. The molecule has 0 bridgehead atoms. The summed E-state index contributed by atoms with van der Waals surface area (Å²) in [7, 11) is 0. The van der Waals surface area contributed by atoms with Gasteiger partial charge in [-0.15, -0.1) is 0 Å². The zero-order chi connectivity index (χ0) is 36.7. The predicted molar refractivity (Wildman–Crippen MR) is 223 cm³/mol. The number of hydrogen-bond donors (Lipinski definition) is 0. The van der Waals surface area contributed by atoms with Gasteiger partial charge in [-0.25, -0.2) is 4.85 Å². The molecule has 0 atom stereocenters. The lowest BCUT2D eigenvalue weighted by Crippen LogP contribution is -2.36. The number of aromatic nitrogens is 1. The molecule has 0 N–H and O–H groups in total. The Bertz CT molecular complexity index is 2970. The van der Waals surface area contributed by atoms with Crippen molar-refractivity contribution in [3.63, 3.8) is 0 Å². The fraction of sp³-hybridized carbons (Fsp3) is 0.0196. The SMILES string of the molecule is [C-]#[N+]c1cc(C#N)cc(-c2cc(N3c4ccccc4C4(c5ccccc5-c5ccccc54)c4ccccc43)cc(-n3c4ccccc4c4ccccc43)c2)c1. The number of fused-ring (bicyclic) bond motifs is 12. The molecule has 2 heterocycles. The maximum absolute atomic E-state index is 10.0. The van der Waals surface area contributed by atoms with Crippen molar-refractivity contribution in [3.8, 4) is 34.0 Å². The second-order valence-corrected chi connectivity index (χ2v) is 14.3. The molecule has 0 radical (unpaired) electrons. The van der Waals surface area contributed by atoms with E-state index >= 15 is 0 Å². The van der Waals surface area contributed by atoms with Gasteiger partial charge in [-0.2, -0.15) is 5.26 Å². The third kappa shape index (κ3) is 4.25. The van der Waals surface area contributed by atoms with Crippen molar-refractivity contribution < 1.29 is 0 Å². The van der Waals surface area contributed by atoms with Crippen molar-refractivity contribution >= 4 is 44.6 Å². The first kappa shape index (κ1) is 30.9. The molecule has 4 heteroatoms. The molecule has 0 fully saturated rings. The van der Waals surface area contributed by atoms with Crippen molar-refractivity contribution in [1.29, 1.82) is 5.26 Å². The zero-order valence-corrected chi connectivity index (χ0v) is 29.6. The van der Waals surface area contributed by atoms with Gasteiger partial charge in [0.2, 0.25) is 0 Å². The smallest absolute Gasteiger partial charge is 0.189 e. The van der Waals surface area contributed by atoms with Gasteiger partial charge >= 0.3 is 0 Å². The summed E-state index contributed by atoms with van der Waals surface area (Å²) in [5.74, 6) is 0. The van der Waals surface area contributed by atoms with Crippen molar-refractivity contribution in [2.75, 3.05) is 4.90 Å². The van der Waals surface area contributed by atoms with E-state index in [1.54, 1.807) is 6.07 Å². The van der Waals surface area contributed by atoms with Crippen LogP contribution in [0.5, 0.6) is 0 Å². The first-order valence-corrected chi connectivity index (χ1v) is 18.4. The lowest BCUT2D eigenvalue weighted by Gasteiger charge is -2.45. The van der Waals surface area contributed by atoms with E-state index in [1.165, 1.54) is 44.2 Å². The number of hydrogen-bond acceptors (Lipinski definition) is 2. The molecule has 9 aromatic rings. The number of benzene rings is 8. The summed E-state index contributed by atoms with van der Waals surface area (Å²) in [6.45, 7) is 7.86. The second kappa shape index (κ2) is 11.7. The highest BCUT2D eigenvalue weighted by atomic mass is 15.2. The Balaban J connectivity index is 1.24. The quantitative estimate of drug-likeness (QED) is 0.172. The van der Waals surface area contributed by atoms with Crippen molar-refractivity contribution in [2.24, 2.45) is 0 Å². The van der Waals surface area contributed by atoms with E-state index < -0.39 is 5.41 Å². The normalized spacial score (nSPS) is 13.2.